The second-order valence-electron chi connectivity index (χ2n) is 9.61. The first-order valence-corrected chi connectivity index (χ1v) is 12.6. The van der Waals surface area contributed by atoms with Gasteiger partial charge in [0, 0.05) is 28.7 Å². The Labute approximate surface area is 203 Å². The number of tetrazole rings is 1. The number of hydrogen-bond acceptors (Lipinski definition) is 6. The number of aryl methyl sites for hydroxylation is 1. The third-order valence-corrected chi connectivity index (χ3v) is 7.52. The third-order valence-electron chi connectivity index (χ3n) is 7.52. The molecule has 2 aromatic heterocycles. The van der Waals surface area contributed by atoms with Gasteiger partial charge in [-0.05, 0) is 72.0 Å². The fourth-order valence-electron chi connectivity index (χ4n) is 5.78. The van der Waals surface area contributed by atoms with Gasteiger partial charge >= 0.3 is 0 Å². The van der Waals surface area contributed by atoms with E-state index in [1.165, 1.54) is 24.8 Å². The van der Waals surface area contributed by atoms with Crippen molar-refractivity contribution in [3.63, 3.8) is 0 Å². The van der Waals surface area contributed by atoms with Gasteiger partial charge in [-0.25, -0.2) is 4.68 Å². The number of hydrogen-bond donors (Lipinski definition) is 1. The molecule has 0 bridgehead atoms. The van der Waals surface area contributed by atoms with Crippen LogP contribution in [0.3, 0.4) is 0 Å². The SMILES string of the molecule is COc1ccc2[nH]c(=O)c([C@@H](c3nnnn3C3CCCCC3)N3CCCc4ccccc43)cc2c1. The van der Waals surface area contributed by atoms with Crippen molar-refractivity contribution in [3.8, 4) is 5.75 Å². The maximum absolute atomic E-state index is 13.6. The van der Waals surface area contributed by atoms with Gasteiger partial charge in [0.2, 0.25) is 0 Å². The zero-order valence-corrected chi connectivity index (χ0v) is 20.0. The molecule has 8 nitrogen and oxygen atoms in total. The number of nitrogens with one attached hydrogen (secondary N) is 1. The Kier molecular flexibility index (Phi) is 5.72. The van der Waals surface area contributed by atoms with E-state index in [-0.39, 0.29) is 11.6 Å². The minimum Gasteiger partial charge on any atom is -0.497 e. The van der Waals surface area contributed by atoms with E-state index < -0.39 is 6.04 Å². The van der Waals surface area contributed by atoms with E-state index >= 15 is 0 Å². The van der Waals surface area contributed by atoms with Gasteiger partial charge in [-0.15, -0.1) is 5.10 Å². The largest absolute Gasteiger partial charge is 0.497 e. The van der Waals surface area contributed by atoms with E-state index in [0.29, 0.717) is 5.56 Å². The fourth-order valence-corrected chi connectivity index (χ4v) is 5.78. The van der Waals surface area contributed by atoms with E-state index in [4.69, 9.17) is 4.74 Å². The lowest BCUT2D eigenvalue weighted by atomic mass is 9.94. The molecular weight excluding hydrogens is 440 g/mol. The number of para-hydroxylation sites is 1. The average molecular weight is 471 g/mol. The second kappa shape index (κ2) is 9.17. The number of aromatic amines is 1. The van der Waals surface area contributed by atoms with E-state index in [0.717, 1.165) is 60.4 Å². The molecule has 0 amide bonds. The number of aromatic nitrogens is 5. The van der Waals surface area contributed by atoms with E-state index in [1.54, 1.807) is 7.11 Å². The Balaban J connectivity index is 1.55. The minimum atomic E-state index is -0.396. The Morgan fingerprint density at radius 3 is 2.77 bits per heavy atom. The Morgan fingerprint density at radius 2 is 1.91 bits per heavy atom. The monoisotopic (exact) mass is 470 g/mol. The van der Waals surface area contributed by atoms with Crippen LogP contribution >= 0.6 is 0 Å². The summed E-state index contributed by atoms with van der Waals surface area (Å²) in [5, 5.41) is 14.0. The molecule has 8 heteroatoms. The highest BCUT2D eigenvalue weighted by atomic mass is 16.5. The topological polar surface area (TPSA) is 88.9 Å². The molecule has 2 aromatic carbocycles. The molecule has 1 atom stereocenters. The molecule has 1 fully saturated rings. The van der Waals surface area contributed by atoms with Crippen LogP contribution in [0.4, 0.5) is 5.69 Å². The van der Waals surface area contributed by atoms with Gasteiger partial charge in [-0.3, -0.25) is 4.79 Å². The Bertz CT molecular complexity index is 1400. The summed E-state index contributed by atoms with van der Waals surface area (Å²) in [4.78, 5) is 19.0. The summed E-state index contributed by atoms with van der Waals surface area (Å²) < 4.78 is 7.44. The lowest BCUT2D eigenvalue weighted by Crippen LogP contribution is -2.39. The number of ether oxygens (including phenoxy) is 1. The van der Waals surface area contributed by atoms with Gasteiger partial charge in [0.1, 0.15) is 11.8 Å². The molecule has 0 unspecified atom stereocenters. The zero-order valence-electron chi connectivity index (χ0n) is 20.0. The Morgan fingerprint density at radius 1 is 1.06 bits per heavy atom. The van der Waals surface area contributed by atoms with Crippen molar-refractivity contribution < 1.29 is 4.74 Å². The number of nitrogens with zero attached hydrogens (tertiary/aromatic N) is 5. The van der Waals surface area contributed by atoms with Crippen LogP contribution in [0.15, 0.2) is 53.3 Å². The molecule has 1 aliphatic heterocycles. The van der Waals surface area contributed by atoms with Crippen LogP contribution in [0.2, 0.25) is 0 Å². The first-order valence-electron chi connectivity index (χ1n) is 12.6. The van der Waals surface area contributed by atoms with Crippen LogP contribution in [0, 0.1) is 0 Å². The summed E-state index contributed by atoms with van der Waals surface area (Å²) in [5.41, 5.74) is 3.75. The first-order chi connectivity index (χ1) is 17.2. The molecule has 0 radical (unpaired) electrons. The molecule has 1 N–H and O–H groups in total. The predicted molar refractivity (Wildman–Crippen MR) is 135 cm³/mol. The molecule has 35 heavy (non-hydrogen) atoms. The smallest absolute Gasteiger partial charge is 0.254 e. The third kappa shape index (κ3) is 3.96. The van der Waals surface area contributed by atoms with E-state index in [2.05, 4.69) is 49.7 Å². The summed E-state index contributed by atoms with van der Waals surface area (Å²) in [6.45, 7) is 0.828. The molecule has 1 aliphatic carbocycles. The maximum Gasteiger partial charge on any atom is 0.254 e. The number of benzene rings is 2. The van der Waals surface area contributed by atoms with Gasteiger partial charge in [-0.1, -0.05) is 37.5 Å². The normalized spacial score (nSPS) is 17.3. The van der Waals surface area contributed by atoms with Crippen LogP contribution in [0.25, 0.3) is 10.9 Å². The number of H-pyrrole nitrogens is 1. The lowest BCUT2D eigenvalue weighted by molar-refractivity contribution is 0.313. The van der Waals surface area contributed by atoms with Gasteiger partial charge < -0.3 is 14.6 Å². The highest BCUT2D eigenvalue weighted by Gasteiger charge is 2.34. The van der Waals surface area contributed by atoms with Gasteiger partial charge in [-0.2, -0.15) is 0 Å². The summed E-state index contributed by atoms with van der Waals surface area (Å²) in [5.74, 6) is 1.49. The van der Waals surface area contributed by atoms with Gasteiger partial charge in [0.15, 0.2) is 5.82 Å². The van der Waals surface area contributed by atoms with Crippen molar-refractivity contribution in [2.75, 3.05) is 18.6 Å². The van der Waals surface area contributed by atoms with Gasteiger partial charge in [0.25, 0.3) is 5.56 Å². The highest BCUT2D eigenvalue weighted by molar-refractivity contribution is 5.81. The lowest BCUT2D eigenvalue weighted by Gasteiger charge is -2.38. The van der Waals surface area contributed by atoms with Crippen molar-refractivity contribution in [2.24, 2.45) is 0 Å². The van der Waals surface area contributed by atoms with Crippen LogP contribution < -0.4 is 15.2 Å². The average Bonchev–Trinajstić information content (AvgIpc) is 3.39. The number of pyridine rings is 1. The molecule has 4 aromatic rings. The number of anilines is 1. The first kappa shape index (κ1) is 21.8. The molecular formula is C27H30N6O2. The maximum atomic E-state index is 13.6. The Hall–Kier alpha value is -3.68. The van der Waals surface area contributed by atoms with E-state index in [1.807, 2.05) is 28.9 Å². The molecule has 180 valence electrons. The molecule has 6 rings (SSSR count). The van der Waals surface area contributed by atoms with Crippen molar-refractivity contribution in [1.82, 2.24) is 25.2 Å². The number of rotatable bonds is 5. The van der Waals surface area contributed by atoms with Gasteiger partial charge in [0.05, 0.1) is 13.2 Å². The highest BCUT2D eigenvalue weighted by Crippen LogP contribution is 2.38. The molecule has 2 aliphatic rings. The molecule has 0 saturated heterocycles. The second-order valence-corrected chi connectivity index (χ2v) is 9.61. The summed E-state index contributed by atoms with van der Waals surface area (Å²) in [6.07, 6.45) is 7.77. The number of fused-ring (bicyclic) bond motifs is 2. The zero-order chi connectivity index (χ0) is 23.8. The van der Waals surface area contributed by atoms with Crippen molar-refractivity contribution in [1.29, 1.82) is 0 Å². The van der Waals surface area contributed by atoms with Crippen molar-refractivity contribution >= 4 is 16.6 Å². The quantitative estimate of drug-likeness (QED) is 0.460. The minimum absolute atomic E-state index is 0.117. The van der Waals surface area contributed by atoms with Crippen molar-refractivity contribution in [2.45, 2.75) is 57.0 Å². The summed E-state index contributed by atoms with van der Waals surface area (Å²) >= 11 is 0. The number of methoxy groups -OCH3 is 1. The van der Waals surface area contributed by atoms with Crippen molar-refractivity contribution in [3.05, 3.63) is 75.8 Å². The van der Waals surface area contributed by atoms with E-state index in [9.17, 15) is 4.79 Å². The molecule has 1 saturated carbocycles. The van der Waals surface area contributed by atoms with Crippen LogP contribution in [0.1, 0.15) is 67.6 Å². The summed E-state index contributed by atoms with van der Waals surface area (Å²) in [6, 6.07) is 16.0. The fraction of sp³-hybridized carbons (Fsp3) is 0.407. The molecule has 3 heterocycles. The predicted octanol–water partition coefficient (Wildman–Crippen LogP) is 4.57. The summed E-state index contributed by atoms with van der Waals surface area (Å²) in [7, 11) is 1.65. The van der Waals surface area contributed by atoms with Crippen LogP contribution in [0.5, 0.6) is 5.75 Å². The standard InChI is InChI=1S/C27H30N6O2/c1-35-21-13-14-23-19(16-21)17-22(27(34)28-23)25(32-15-7-9-18-8-5-6-12-24(18)32)26-29-30-31-33(26)20-10-3-2-4-11-20/h5-6,8,12-14,16-17,20,25H,2-4,7,9-11,15H2,1H3,(H,28,34)/t25-/m0/s1. The van der Waals surface area contributed by atoms with Crippen LogP contribution in [-0.2, 0) is 6.42 Å². The molecule has 0 spiro atoms. The van der Waals surface area contributed by atoms with Crippen LogP contribution in [-0.4, -0.2) is 38.8 Å².